The summed E-state index contributed by atoms with van der Waals surface area (Å²) in [5.74, 6) is -1.42. The van der Waals surface area contributed by atoms with Crippen molar-refractivity contribution in [3.05, 3.63) is 55.6 Å². The Bertz CT molecular complexity index is 814. The van der Waals surface area contributed by atoms with Crippen molar-refractivity contribution >= 4 is 29.2 Å². The van der Waals surface area contributed by atoms with Crippen molar-refractivity contribution in [2.75, 3.05) is 13.1 Å². The van der Waals surface area contributed by atoms with Gasteiger partial charge in [-0.1, -0.05) is 47.8 Å². The Labute approximate surface area is 180 Å². The number of hydrogen-bond donors (Lipinski definition) is 1. The minimum atomic E-state index is -0.756. The van der Waals surface area contributed by atoms with Crippen LogP contribution in [0.5, 0.6) is 0 Å². The molecule has 0 bridgehead atoms. The van der Waals surface area contributed by atoms with Crippen molar-refractivity contribution in [3.8, 4) is 0 Å². The highest BCUT2D eigenvalue weighted by Gasteiger charge is 2.39. The molecule has 1 aromatic rings. The second-order valence-electron chi connectivity index (χ2n) is 7.96. The maximum absolute atomic E-state index is 11.8. The van der Waals surface area contributed by atoms with Crippen LogP contribution in [0.2, 0.25) is 10.0 Å². The Hall–Kier alpha value is -1.63. The Kier molecular flexibility index (Phi) is 7.19. The molecule has 2 aliphatic rings. The van der Waals surface area contributed by atoms with E-state index >= 15 is 0 Å². The van der Waals surface area contributed by atoms with Crippen LogP contribution in [-0.2, 0) is 4.79 Å². The van der Waals surface area contributed by atoms with Crippen LogP contribution in [0.25, 0.3) is 0 Å². The second kappa shape index (κ2) is 9.45. The molecule has 1 fully saturated rings. The van der Waals surface area contributed by atoms with Gasteiger partial charge in [0.2, 0.25) is 6.04 Å². The van der Waals surface area contributed by atoms with Gasteiger partial charge in [-0.3, -0.25) is 19.8 Å². The molecule has 4 atom stereocenters. The van der Waals surface area contributed by atoms with E-state index in [4.69, 9.17) is 23.2 Å². The van der Waals surface area contributed by atoms with Gasteiger partial charge in [0.25, 0.3) is 0 Å². The summed E-state index contributed by atoms with van der Waals surface area (Å²) >= 11 is 12.3. The monoisotopic (exact) mass is 440 g/mol. The van der Waals surface area contributed by atoms with Crippen LogP contribution in [0.4, 0.5) is 0 Å². The van der Waals surface area contributed by atoms with Crippen molar-refractivity contribution in [2.24, 2.45) is 5.92 Å². The quantitative estimate of drug-likeness (QED) is 0.381. The zero-order chi connectivity index (χ0) is 21.1. The number of rotatable bonds is 6. The highest BCUT2D eigenvalue weighted by Crippen LogP contribution is 2.39. The summed E-state index contributed by atoms with van der Waals surface area (Å²) in [5.41, 5.74) is 1.76. The summed E-state index contributed by atoms with van der Waals surface area (Å²) in [6.07, 6.45) is 5.25. The van der Waals surface area contributed by atoms with Crippen molar-refractivity contribution in [3.63, 3.8) is 0 Å². The van der Waals surface area contributed by atoms with Crippen molar-refractivity contribution in [2.45, 2.75) is 57.0 Å². The molecule has 158 valence electrons. The lowest BCUT2D eigenvalue weighted by molar-refractivity contribution is -0.527. The Morgan fingerprint density at radius 3 is 2.76 bits per heavy atom. The zero-order valence-corrected chi connectivity index (χ0v) is 17.9. The highest BCUT2D eigenvalue weighted by molar-refractivity contribution is 6.35. The van der Waals surface area contributed by atoms with Crippen LogP contribution in [0, 0.1) is 16.0 Å². The van der Waals surface area contributed by atoms with Crippen LogP contribution >= 0.6 is 23.2 Å². The van der Waals surface area contributed by atoms with Gasteiger partial charge >= 0.3 is 5.97 Å². The third kappa shape index (κ3) is 4.93. The van der Waals surface area contributed by atoms with Crippen molar-refractivity contribution < 1.29 is 14.8 Å². The molecule has 0 aromatic heterocycles. The Morgan fingerprint density at radius 2 is 2.14 bits per heavy atom. The summed E-state index contributed by atoms with van der Waals surface area (Å²) in [4.78, 5) is 25.4. The SMILES string of the molecule is CCC1[C@H](C(=O)O)CCCN1CC1=CCC(c2ccc(Cl)cc2Cl)C([N+](=O)[O-])C1. The molecule has 1 saturated heterocycles. The lowest BCUT2D eigenvalue weighted by atomic mass is 9.80. The molecular formula is C21H26Cl2N2O4. The van der Waals surface area contributed by atoms with Gasteiger partial charge in [0.05, 0.1) is 11.8 Å². The topological polar surface area (TPSA) is 83.7 Å². The van der Waals surface area contributed by atoms with Gasteiger partial charge in [0.15, 0.2) is 0 Å². The molecule has 0 amide bonds. The van der Waals surface area contributed by atoms with Gasteiger partial charge in [0.1, 0.15) is 0 Å². The molecule has 0 saturated carbocycles. The minimum absolute atomic E-state index is 0.0281. The van der Waals surface area contributed by atoms with Crippen molar-refractivity contribution in [1.29, 1.82) is 0 Å². The largest absolute Gasteiger partial charge is 0.481 e. The van der Waals surface area contributed by atoms with E-state index in [1.165, 1.54) is 0 Å². The third-order valence-corrected chi connectivity index (χ3v) is 6.83. The van der Waals surface area contributed by atoms with Crippen LogP contribution in [0.1, 0.15) is 50.5 Å². The molecule has 0 radical (unpaired) electrons. The van der Waals surface area contributed by atoms with Crippen LogP contribution in [0.15, 0.2) is 29.8 Å². The van der Waals surface area contributed by atoms with Gasteiger partial charge in [-0.2, -0.15) is 0 Å². The smallest absolute Gasteiger partial charge is 0.308 e. The van der Waals surface area contributed by atoms with E-state index < -0.39 is 12.0 Å². The maximum Gasteiger partial charge on any atom is 0.308 e. The summed E-state index contributed by atoms with van der Waals surface area (Å²) in [7, 11) is 0. The first-order chi connectivity index (χ1) is 13.8. The van der Waals surface area contributed by atoms with Gasteiger partial charge in [0, 0.05) is 34.0 Å². The summed E-state index contributed by atoms with van der Waals surface area (Å²) in [6.45, 7) is 3.43. The normalized spacial score (nSPS) is 28.0. The van der Waals surface area contributed by atoms with E-state index in [0.717, 1.165) is 30.5 Å². The van der Waals surface area contributed by atoms with Crippen LogP contribution in [-0.4, -0.2) is 46.1 Å². The van der Waals surface area contributed by atoms with Crippen LogP contribution < -0.4 is 0 Å². The number of halogens is 2. The number of allylic oxidation sites excluding steroid dienone is 1. The second-order valence-corrected chi connectivity index (χ2v) is 8.80. The fourth-order valence-electron chi connectivity index (χ4n) is 4.85. The van der Waals surface area contributed by atoms with Gasteiger partial charge in [-0.25, -0.2) is 0 Å². The number of piperidine rings is 1. The standard InChI is InChI=1S/C21H26Cl2N2O4/c1-2-19-17(21(26)27)4-3-9-24(19)12-13-5-7-16(20(10-13)25(28)29)15-8-6-14(22)11-18(15)23/h5-6,8,11,16-17,19-20H,2-4,7,9-10,12H2,1H3,(H,26,27)/t16?,17-,19?,20?/m1/s1. The van der Waals surface area contributed by atoms with E-state index in [1.807, 2.05) is 6.92 Å². The lowest BCUT2D eigenvalue weighted by Crippen LogP contribution is -2.48. The average molecular weight is 441 g/mol. The molecule has 6 nitrogen and oxygen atoms in total. The number of benzene rings is 1. The molecule has 1 N–H and O–H groups in total. The first-order valence-electron chi connectivity index (χ1n) is 10.0. The molecule has 3 rings (SSSR count). The van der Waals surface area contributed by atoms with E-state index in [9.17, 15) is 20.0 Å². The fraction of sp³-hybridized carbons (Fsp3) is 0.571. The number of likely N-dealkylation sites (tertiary alicyclic amines) is 1. The van der Waals surface area contributed by atoms with Gasteiger partial charge < -0.3 is 5.11 Å². The van der Waals surface area contributed by atoms with Crippen LogP contribution in [0.3, 0.4) is 0 Å². The predicted molar refractivity (Wildman–Crippen MR) is 113 cm³/mol. The van der Waals surface area contributed by atoms with E-state index in [1.54, 1.807) is 18.2 Å². The van der Waals surface area contributed by atoms with E-state index in [-0.39, 0.29) is 22.8 Å². The highest BCUT2D eigenvalue weighted by atomic mass is 35.5. The number of carboxylic acid groups (broad SMARTS) is 1. The Morgan fingerprint density at radius 1 is 1.38 bits per heavy atom. The predicted octanol–water partition coefficient (Wildman–Crippen LogP) is 5.02. The first-order valence-corrected chi connectivity index (χ1v) is 10.8. The molecule has 0 spiro atoms. The summed E-state index contributed by atoms with van der Waals surface area (Å²) < 4.78 is 0. The number of aliphatic carboxylic acids is 1. The summed E-state index contributed by atoms with van der Waals surface area (Å²) in [5, 5.41) is 22.3. The molecule has 8 heteroatoms. The third-order valence-electron chi connectivity index (χ3n) is 6.26. The minimum Gasteiger partial charge on any atom is -0.481 e. The maximum atomic E-state index is 11.8. The lowest BCUT2D eigenvalue weighted by Gasteiger charge is -2.40. The molecule has 1 aliphatic heterocycles. The summed E-state index contributed by atoms with van der Waals surface area (Å²) in [6, 6.07) is 4.33. The van der Waals surface area contributed by atoms with E-state index in [2.05, 4.69) is 11.0 Å². The molecule has 1 heterocycles. The number of hydrogen-bond acceptors (Lipinski definition) is 4. The zero-order valence-electron chi connectivity index (χ0n) is 16.4. The van der Waals surface area contributed by atoms with E-state index in [0.29, 0.717) is 35.9 Å². The molecule has 1 aliphatic carbocycles. The molecule has 3 unspecified atom stereocenters. The first kappa shape index (κ1) is 22.1. The average Bonchev–Trinajstić information content (AvgIpc) is 2.68. The molecule has 29 heavy (non-hydrogen) atoms. The van der Waals surface area contributed by atoms with Crippen molar-refractivity contribution in [1.82, 2.24) is 4.90 Å². The molecule has 1 aromatic carbocycles. The fourth-order valence-corrected chi connectivity index (χ4v) is 5.40. The number of nitrogens with zero attached hydrogens (tertiary/aromatic N) is 2. The molecular weight excluding hydrogens is 415 g/mol. The number of nitro groups is 1. The van der Waals surface area contributed by atoms with Gasteiger partial charge in [-0.15, -0.1) is 0 Å². The number of carbonyl (C=O) groups is 1. The Balaban J connectivity index is 1.79. The van der Waals surface area contributed by atoms with Gasteiger partial charge in [-0.05, 0) is 49.9 Å². The number of carboxylic acids is 1.